The summed E-state index contributed by atoms with van der Waals surface area (Å²) >= 11 is 1.63. The molecular weight excluding hydrogens is 288 g/mol. The van der Waals surface area contributed by atoms with Crippen molar-refractivity contribution in [3.8, 4) is 11.5 Å². The first kappa shape index (κ1) is 14.3. The third-order valence-electron chi connectivity index (χ3n) is 3.41. The Kier molecular flexibility index (Phi) is 4.10. The van der Waals surface area contributed by atoms with Crippen LogP contribution in [0.1, 0.15) is 35.3 Å². The molecule has 0 fully saturated rings. The fourth-order valence-electron chi connectivity index (χ4n) is 2.19. The molecule has 2 atom stereocenters. The van der Waals surface area contributed by atoms with Gasteiger partial charge in [-0.25, -0.2) is 4.98 Å². The summed E-state index contributed by atoms with van der Waals surface area (Å²) in [5.41, 5.74) is 1.84. The van der Waals surface area contributed by atoms with E-state index in [1.165, 1.54) is 0 Å². The van der Waals surface area contributed by atoms with Crippen molar-refractivity contribution in [3.63, 3.8) is 0 Å². The van der Waals surface area contributed by atoms with Crippen LogP contribution in [0, 0.1) is 6.92 Å². The molecular formula is C15H18N2O3S. The number of aliphatic hydroxyl groups excluding tert-OH is 1. The maximum Gasteiger partial charge on any atom is 0.231 e. The number of nitrogens with one attached hydrogen (secondary N) is 1. The molecule has 1 aliphatic rings. The van der Waals surface area contributed by atoms with Gasteiger partial charge in [0, 0.05) is 17.6 Å². The molecule has 1 aromatic heterocycles. The second-order valence-electron chi connectivity index (χ2n) is 5.09. The molecule has 0 saturated carbocycles. The molecule has 0 aliphatic carbocycles. The Morgan fingerprint density at radius 3 is 2.95 bits per heavy atom. The van der Waals surface area contributed by atoms with Crippen LogP contribution >= 0.6 is 11.3 Å². The Hall–Kier alpha value is -1.63. The van der Waals surface area contributed by atoms with Crippen molar-refractivity contribution in [1.29, 1.82) is 0 Å². The van der Waals surface area contributed by atoms with Gasteiger partial charge in [-0.15, -0.1) is 11.3 Å². The van der Waals surface area contributed by atoms with Crippen molar-refractivity contribution in [3.05, 3.63) is 39.8 Å². The molecule has 1 aromatic carbocycles. The molecule has 2 aromatic rings. The number of ether oxygens (including phenoxy) is 2. The maximum absolute atomic E-state index is 10.3. The SMILES string of the molecule is Cc1csc(C(C)NCC(O)c2ccc3c(c2)OCO3)n1. The average molecular weight is 306 g/mol. The quantitative estimate of drug-likeness (QED) is 0.889. The molecule has 2 heterocycles. The molecule has 5 nitrogen and oxygen atoms in total. The number of thiazole rings is 1. The van der Waals surface area contributed by atoms with Gasteiger partial charge in [0.05, 0.1) is 12.1 Å². The Morgan fingerprint density at radius 2 is 2.19 bits per heavy atom. The van der Waals surface area contributed by atoms with Crippen LogP contribution in [0.3, 0.4) is 0 Å². The van der Waals surface area contributed by atoms with Gasteiger partial charge in [0.2, 0.25) is 6.79 Å². The Bertz CT molecular complexity index is 629. The van der Waals surface area contributed by atoms with Gasteiger partial charge in [-0.2, -0.15) is 0 Å². The summed E-state index contributed by atoms with van der Waals surface area (Å²) in [6, 6.07) is 5.63. The molecule has 0 radical (unpaired) electrons. The Labute approximate surface area is 127 Å². The van der Waals surface area contributed by atoms with Crippen LogP contribution in [-0.2, 0) is 0 Å². The van der Waals surface area contributed by atoms with Crippen molar-refractivity contribution < 1.29 is 14.6 Å². The summed E-state index contributed by atoms with van der Waals surface area (Å²) in [5, 5.41) is 16.6. The van der Waals surface area contributed by atoms with Gasteiger partial charge in [-0.1, -0.05) is 6.07 Å². The number of benzene rings is 1. The largest absolute Gasteiger partial charge is 0.454 e. The summed E-state index contributed by atoms with van der Waals surface area (Å²) in [6.07, 6.45) is -0.594. The Balaban J connectivity index is 1.60. The highest BCUT2D eigenvalue weighted by molar-refractivity contribution is 7.09. The van der Waals surface area contributed by atoms with Gasteiger partial charge < -0.3 is 19.9 Å². The van der Waals surface area contributed by atoms with Crippen LogP contribution in [0.15, 0.2) is 23.6 Å². The van der Waals surface area contributed by atoms with E-state index in [0.29, 0.717) is 12.3 Å². The predicted octanol–water partition coefficient (Wildman–Crippen LogP) is 2.56. The summed E-state index contributed by atoms with van der Waals surface area (Å²) < 4.78 is 10.6. The highest BCUT2D eigenvalue weighted by Crippen LogP contribution is 2.34. The smallest absolute Gasteiger partial charge is 0.231 e. The zero-order chi connectivity index (χ0) is 14.8. The first-order valence-corrected chi connectivity index (χ1v) is 7.74. The lowest BCUT2D eigenvalue weighted by Gasteiger charge is -2.16. The molecule has 2 N–H and O–H groups in total. The number of hydrogen-bond acceptors (Lipinski definition) is 6. The highest BCUT2D eigenvalue weighted by Gasteiger charge is 2.17. The molecule has 6 heteroatoms. The fraction of sp³-hybridized carbons (Fsp3) is 0.400. The molecule has 0 amide bonds. The number of fused-ring (bicyclic) bond motifs is 1. The summed E-state index contributed by atoms with van der Waals surface area (Å²) in [4.78, 5) is 4.45. The lowest BCUT2D eigenvalue weighted by Crippen LogP contribution is -2.24. The van der Waals surface area contributed by atoms with E-state index in [1.807, 2.05) is 37.4 Å². The molecule has 2 unspecified atom stereocenters. The summed E-state index contributed by atoms with van der Waals surface area (Å²) in [7, 11) is 0. The highest BCUT2D eigenvalue weighted by atomic mass is 32.1. The van der Waals surface area contributed by atoms with Crippen LogP contribution in [0.2, 0.25) is 0 Å². The van der Waals surface area contributed by atoms with Crippen LogP contribution in [0.4, 0.5) is 0 Å². The minimum atomic E-state index is -0.594. The molecule has 1 aliphatic heterocycles. The third-order valence-corrected chi connectivity index (χ3v) is 4.55. The van der Waals surface area contributed by atoms with Crippen LogP contribution in [0.25, 0.3) is 0 Å². The summed E-state index contributed by atoms with van der Waals surface area (Å²) in [6.45, 7) is 4.73. The van der Waals surface area contributed by atoms with Crippen LogP contribution in [0.5, 0.6) is 11.5 Å². The van der Waals surface area contributed by atoms with E-state index in [9.17, 15) is 5.11 Å². The average Bonchev–Trinajstić information content (AvgIpc) is 3.12. The lowest BCUT2D eigenvalue weighted by atomic mass is 10.1. The number of aromatic nitrogens is 1. The van der Waals surface area contributed by atoms with E-state index in [2.05, 4.69) is 10.3 Å². The minimum Gasteiger partial charge on any atom is -0.454 e. The van der Waals surface area contributed by atoms with Crippen molar-refractivity contribution in [2.75, 3.05) is 13.3 Å². The monoisotopic (exact) mass is 306 g/mol. The Morgan fingerprint density at radius 1 is 1.38 bits per heavy atom. The molecule has 3 rings (SSSR count). The number of aliphatic hydroxyl groups is 1. The van der Waals surface area contributed by atoms with Crippen LogP contribution < -0.4 is 14.8 Å². The van der Waals surface area contributed by atoms with Gasteiger partial charge in [0.1, 0.15) is 5.01 Å². The normalized spacial score (nSPS) is 16.0. The molecule has 21 heavy (non-hydrogen) atoms. The second kappa shape index (κ2) is 6.01. The first-order chi connectivity index (χ1) is 10.1. The van der Waals surface area contributed by atoms with Gasteiger partial charge in [-0.05, 0) is 31.5 Å². The van der Waals surface area contributed by atoms with Crippen molar-refractivity contribution in [1.82, 2.24) is 10.3 Å². The van der Waals surface area contributed by atoms with E-state index in [4.69, 9.17) is 9.47 Å². The topological polar surface area (TPSA) is 63.6 Å². The number of nitrogens with zero attached hydrogens (tertiary/aromatic N) is 1. The zero-order valence-electron chi connectivity index (χ0n) is 12.0. The van der Waals surface area contributed by atoms with Gasteiger partial charge in [-0.3, -0.25) is 0 Å². The third kappa shape index (κ3) is 3.18. The number of rotatable bonds is 5. The van der Waals surface area contributed by atoms with Gasteiger partial charge >= 0.3 is 0 Å². The minimum absolute atomic E-state index is 0.118. The molecule has 0 bridgehead atoms. The van der Waals surface area contributed by atoms with E-state index >= 15 is 0 Å². The maximum atomic E-state index is 10.3. The van der Waals surface area contributed by atoms with E-state index < -0.39 is 6.10 Å². The standard InChI is InChI=1S/C15H18N2O3S/c1-9-7-21-15(17-9)10(2)16-6-12(18)11-3-4-13-14(5-11)20-8-19-13/h3-5,7,10,12,16,18H,6,8H2,1-2H3. The first-order valence-electron chi connectivity index (χ1n) is 6.86. The molecule has 0 spiro atoms. The second-order valence-corrected chi connectivity index (χ2v) is 5.98. The fourth-order valence-corrected chi connectivity index (χ4v) is 3.01. The summed E-state index contributed by atoms with van der Waals surface area (Å²) in [5.74, 6) is 1.42. The van der Waals surface area contributed by atoms with Crippen molar-refractivity contribution in [2.24, 2.45) is 0 Å². The van der Waals surface area contributed by atoms with Gasteiger partial charge in [0.25, 0.3) is 0 Å². The number of hydrogen-bond donors (Lipinski definition) is 2. The van der Waals surface area contributed by atoms with E-state index in [-0.39, 0.29) is 12.8 Å². The zero-order valence-corrected chi connectivity index (χ0v) is 12.8. The van der Waals surface area contributed by atoms with Crippen molar-refractivity contribution >= 4 is 11.3 Å². The van der Waals surface area contributed by atoms with Crippen LogP contribution in [-0.4, -0.2) is 23.4 Å². The predicted molar refractivity (Wildman–Crippen MR) is 80.8 cm³/mol. The van der Waals surface area contributed by atoms with E-state index in [0.717, 1.165) is 22.0 Å². The van der Waals surface area contributed by atoms with Crippen molar-refractivity contribution in [2.45, 2.75) is 26.0 Å². The molecule has 112 valence electrons. The van der Waals surface area contributed by atoms with E-state index in [1.54, 1.807) is 11.3 Å². The lowest BCUT2D eigenvalue weighted by molar-refractivity contribution is 0.168. The number of aryl methyl sites for hydroxylation is 1. The van der Waals surface area contributed by atoms with Gasteiger partial charge in [0.15, 0.2) is 11.5 Å². The molecule has 0 saturated heterocycles.